The largest absolute Gasteiger partial charge is 0.491 e. The summed E-state index contributed by atoms with van der Waals surface area (Å²) >= 11 is 9.53. The maximum Gasteiger partial charge on any atom is 0.321 e. The second-order valence-corrected chi connectivity index (χ2v) is 7.83. The Morgan fingerprint density at radius 3 is 2.69 bits per heavy atom. The monoisotopic (exact) mass is 443 g/mol. The third-order valence-electron chi connectivity index (χ3n) is 4.84. The van der Waals surface area contributed by atoms with Gasteiger partial charge in [-0.05, 0) is 54.2 Å². The lowest BCUT2D eigenvalue weighted by atomic mass is 10.0. The Morgan fingerprint density at radius 2 is 2.08 bits per heavy atom. The zero-order valence-corrected chi connectivity index (χ0v) is 17.1. The van der Waals surface area contributed by atoms with Crippen LogP contribution in [-0.2, 0) is 4.79 Å². The van der Waals surface area contributed by atoms with Crippen LogP contribution in [0.4, 0.5) is 10.5 Å². The van der Waals surface area contributed by atoms with Gasteiger partial charge in [0.05, 0.1) is 16.8 Å². The van der Waals surface area contributed by atoms with E-state index in [1.807, 2.05) is 11.8 Å². The Morgan fingerprint density at radius 1 is 1.35 bits per heavy atom. The van der Waals surface area contributed by atoms with E-state index in [0.717, 1.165) is 25.8 Å². The molecule has 2 aliphatic heterocycles. The number of piperidine rings is 1. The first kappa shape index (κ1) is 19.3. The van der Waals surface area contributed by atoms with Gasteiger partial charge in [-0.1, -0.05) is 11.6 Å². The van der Waals surface area contributed by atoms with Crippen LogP contribution in [0.2, 0.25) is 5.02 Å². The Hall–Kier alpha value is -1.47. The highest BCUT2D eigenvalue weighted by atomic mass is 79.9. The molecule has 2 aliphatic rings. The number of rotatable bonds is 4. The molecule has 142 valence electrons. The summed E-state index contributed by atoms with van der Waals surface area (Å²) in [6.45, 7) is 4.48. The van der Waals surface area contributed by atoms with Crippen LogP contribution < -0.4 is 10.1 Å². The first-order valence-electron chi connectivity index (χ1n) is 8.96. The van der Waals surface area contributed by atoms with Crippen LogP contribution in [0.25, 0.3) is 0 Å². The molecule has 0 atom stereocenters. The average molecular weight is 445 g/mol. The van der Waals surface area contributed by atoms with Crippen LogP contribution in [0, 0.1) is 0 Å². The number of nitrogens with zero attached hydrogens (tertiary/aromatic N) is 2. The number of amides is 3. The fraction of sp³-hybridized carbons (Fsp3) is 0.556. The number of likely N-dealkylation sites (tertiary alicyclic amines) is 2. The van der Waals surface area contributed by atoms with Crippen molar-refractivity contribution in [3.05, 3.63) is 21.6 Å². The van der Waals surface area contributed by atoms with E-state index in [2.05, 4.69) is 21.2 Å². The quantitative estimate of drug-likeness (QED) is 0.760. The highest BCUT2D eigenvalue weighted by molar-refractivity contribution is 9.10. The van der Waals surface area contributed by atoms with E-state index >= 15 is 0 Å². The van der Waals surface area contributed by atoms with E-state index in [-0.39, 0.29) is 18.0 Å². The topological polar surface area (TPSA) is 61.9 Å². The van der Waals surface area contributed by atoms with Gasteiger partial charge in [-0.3, -0.25) is 4.79 Å². The van der Waals surface area contributed by atoms with E-state index in [1.165, 1.54) is 0 Å². The van der Waals surface area contributed by atoms with Crippen molar-refractivity contribution in [2.45, 2.75) is 38.6 Å². The first-order valence-corrected chi connectivity index (χ1v) is 10.1. The van der Waals surface area contributed by atoms with Gasteiger partial charge < -0.3 is 19.9 Å². The first-order chi connectivity index (χ1) is 12.5. The van der Waals surface area contributed by atoms with Gasteiger partial charge in [-0.15, -0.1) is 0 Å². The molecular formula is C18H23BrClN3O3. The second-order valence-electron chi connectivity index (χ2n) is 6.54. The molecule has 0 saturated carbocycles. The molecule has 1 N–H and O–H groups in total. The fourth-order valence-electron chi connectivity index (χ4n) is 3.57. The summed E-state index contributed by atoms with van der Waals surface area (Å²) in [5.74, 6) is 0.820. The highest BCUT2D eigenvalue weighted by Crippen LogP contribution is 2.37. The summed E-state index contributed by atoms with van der Waals surface area (Å²) in [5.41, 5.74) is 0.549. The zero-order valence-electron chi connectivity index (χ0n) is 14.8. The van der Waals surface area contributed by atoms with Crippen molar-refractivity contribution in [1.29, 1.82) is 0 Å². The molecule has 0 unspecified atom stereocenters. The van der Waals surface area contributed by atoms with Crippen molar-refractivity contribution >= 4 is 45.2 Å². The summed E-state index contributed by atoms with van der Waals surface area (Å²) in [6.07, 6.45) is 3.24. The Balaban J connectivity index is 1.62. The number of carbonyl (C=O) groups excluding carboxylic acids is 2. The fourth-order valence-corrected chi connectivity index (χ4v) is 4.50. The van der Waals surface area contributed by atoms with Crippen molar-refractivity contribution < 1.29 is 14.3 Å². The van der Waals surface area contributed by atoms with E-state index in [4.69, 9.17) is 16.3 Å². The lowest BCUT2D eigenvalue weighted by molar-refractivity contribution is -0.130. The van der Waals surface area contributed by atoms with Crippen molar-refractivity contribution in [2.75, 3.05) is 31.6 Å². The Bertz CT molecular complexity index is 693. The number of anilines is 1. The molecule has 6 nitrogen and oxygen atoms in total. The zero-order chi connectivity index (χ0) is 18.7. The van der Waals surface area contributed by atoms with Crippen LogP contribution in [0.15, 0.2) is 16.6 Å². The summed E-state index contributed by atoms with van der Waals surface area (Å²) in [6, 6.07) is 3.51. The molecule has 0 spiro atoms. The van der Waals surface area contributed by atoms with Gasteiger partial charge in [0.2, 0.25) is 5.91 Å². The lowest BCUT2D eigenvalue weighted by Crippen LogP contribution is -2.48. The number of nitrogens with one attached hydrogen (secondary N) is 1. The van der Waals surface area contributed by atoms with Crippen LogP contribution in [-0.4, -0.2) is 54.0 Å². The molecule has 2 fully saturated rings. The van der Waals surface area contributed by atoms with Gasteiger partial charge >= 0.3 is 6.03 Å². The second kappa shape index (κ2) is 8.48. The molecule has 2 saturated heterocycles. The van der Waals surface area contributed by atoms with Gasteiger partial charge in [0.25, 0.3) is 0 Å². The molecule has 3 amide bonds. The maximum absolute atomic E-state index is 12.7. The average Bonchev–Trinajstić information content (AvgIpc) is 3.04. The van der Waals surface area contributed by atoms with E-state index < -0.39 is 0 Å². The van der Waals surface area contributed by atoms with Crippen molar-refractivity contribution in [3.63, 3.8) is 0 Å². The van der Waals surface area contributed by atoms with Crippen LogP contribution in [0.1, 0.15) is 32.6 Å². The Kier molecular flexibility index (Phi) is 6.29. The molecule has 26 heavy (non-hydrogen) atoms. The van der Waals surface area contributed by atoms with Gasteiger partial charge in [0.15, 0.2) is 5.75 Å². The van der Waals surface area contributed by atoms with Gasteiger partial charge in [0, 0.05) is 37.1 Å². The predicted octanol–water partition coefficient (Wildman–Crippen LogP) is 4.12. The molecule has 0 radical (unpaired) electrons. The summed E-state index contributed by atoms with van der Waals surface area (Å²) in [7, 11) is 0. The molecule has 0 aliphatic carbocycles. The molecule has 3 rings (SSSR count). The number of halogens is 2. The van der Waals surface area contributed by atoms with E-state index in [1.54, 1.807) is 17.0 Å². The van der Waals surface area contributed by atoms with Gasteiger partial charge in [-0.2, -0.15) is 0 Å². The molecular weight excluding hydrogens is 422 g/mol. The minimum Gasteiger partial charge on any atom is -0.491 e. The number of benzene rings is 1. The number of ether oxygens (including phenoxy) is 1. The standard InChI is InChI=1S/C18H23BrClN3O3/c1-2-26-17-14(19)10-12(20)11-15(17)21-18(25)22-8-5-13(6-9-22)23-7-3-4-16(23)24/h10-11,13H,2-9H2,1H3,(H,21,25). The third-order valence-corrected chi connectivity index (χ3v) is 5.65. The molecule has 1 aromatic rings. The lowest BCUT2D eigenvalue weighted by Gasteiger charge is -2.36. The SMILES string of the molecule is CCOc1c(Br)cc(Cl)cc1NC(=O)N1CCC(N2CCCC2=O)CC1. The Labute approximate surface area is 166 Å². The van der Waals surface area contributed by atoms with Crippen molar-refractivity contribution in [3.8, 4) is 5.75 Å². The highest BCUT2D eigenvalue weighted by Gasteiger charge is 2.32. The van der Waals surface area contributed by atoms with Crippen LogP contribution >= 0.6 is 27.5 Å². The van der Waals surface area contributed by atoms with Crippen LogP contribution in [0.5, 0.6) is 5.75 Å². The third kappa shape index (κ3) is 4.26. The predicted molar refractivity (Wildman–Crippen MR) is 105 cm³/mol. The van der Waals surface area contributed by atoms with E-state index in [9.17, 15) is 9.59 Å². The maximum atomic E-state index is 12.7. The van der Waals surface area contributed by atoms with Gasteiger partial charge in [0.1, 0.15) is 0 Å². The molecule has 2 heterocycles. The van der Waals surface area contributed by atoms with Crippen molar-refractivity contribution in [1.82, 2.24) is 9.80 Å². The number of hydrogen-bond acceptors (Lipinski definition) is 3. The smallest absolute Gasteiger partial charge is 0.321 e. The normalized spacial score (nSPS) is 18.3. The summed E-state index contributed by atoms with van der Waals surface area (Å²) in [5, 5.41) is 3.42. The number of hydrogen-bond donors (Lipinski definition) is 1. The molecule has 8 heteroatoms. The minimum atomic E-state index is -0.175. The van der Waals surface area contributed by atoms with Gasteiger partial charge in [-0.25, -0.2) is 4.79 Å². The van der Waals surface area contributed by atoms with Crippen LogP contribution in [0.3, 0.4) is 0 Å². The molecule has 1 aromatic carbocycles. The summed E-state index contributed by atoms with van der Waals surface area (Å²) < 4.78 is 6.33. The summed E-state index contributed by atoms with van der Waals surface area (Å²) in [4.78, 5) is 28.3. The minimum absolute atomic E-state index is 0.175. The number of carbonyl (C=O) groups is 2. The van der Waals surface area contributed by atoms with E-state index in [0.29, 0.717) is 47.0 Å². The number of urea groups is 1. The van der Waals surface area contributed by atoms with Crippen molar-refractivity contribution in [2.24, 2.45) is 0 Å². The molecule has 0 bridgehead atoms. The molecule has 0 aromatic heterocycles.